The fraction of sp³-hybridized carbons (Fsp3) is 0.400. The summed E-state index contributed by atoms with van der Waals surface area (Å²) in [5, 5.41) is 5.89. The van der Waals surface area contributed by atoms with Crippen molar-refractivity contribution in [2.24, 2.45) is 0 Å². The average molecular weight is 332 g/mol. The highest BCUT2D eigenvalue weighted by molar-refractivity contribution is 7.13. The van der Waals surface area contributed by atoms with Crippen LogP contribution in [-0.4, -0.2) is 61.2 Å². The summed E-state index contributed by atoms with van der Waals surface area (Å²) >= 11 is 1.63. The summed E-state index contributed by atoms with van der Waals surface area (Å²) in [6, 6.07) is 3.67. The number of hydrogen-bond donors (Lipinski definition) is 1. The normalized spacial score (nSPS) is 14.7. The van der Waals surface area contributed by atoms with E-state index in [2.05, 4.69) is 20.2 Å². The highest BCUT2D eigenvalue weighted by Gasteiger charge is 2.22. The molecule has 1 aliphatic rings. The van der Waals surface area contributed by atoms with Gasteiger partial charge in [-0.3, -0.25) is 0 Å². The number of urea groups is 1. The number of nitrogens with one attached hydrogen (secondary N) is 1. The Morgan fingerprint density at radius 2 is 2.00 bits per heavy atom. The van der Waals surface area contributed by atoms with Crippen LogP contribution in [0.5, 0.6) is 0 Å². The lowest BCUT2D eigenvalue weighted by molar-refractivity contribution is 0.208. The van der Waals surface area contributed by atoms with Crippen LogP contribution in [0, 0.1) is 0 Å². The van der Waals surface area contributed by atoms with E-state index in [9.17, 15) is 4.79 Å². The topological polar surface area (TPSA) is 64.6 Å². The van der Waals surface area contributed by atoms with Gasteiger partial charge in [0.2, 0.25) is 0 Å². The third kappa shape index (κ3) is 3.70. The first-order chi connectivity index (χ1) is 11.1. The summed E-state index contributed by atoms with van der Waals surface area (Å²) in [5.41, 5.74) is 0.711. The minimum atomic E-state index is -0.0804. The van der Waals surface area contributed by atoms with E-state index in [-0.39, 0.29) is 6.03 Å². The second kappa shape index (κ2) is 6.82. The van der Waals surface area contributed by atoms with E-state index in [1.807, 2.05) is 47.6 Å². The number of amides is 2. The molecule has 2 aromatic heterocycles. The van der Waals surface area contributed by atoms with Crippen molar-refractivity contribution >= 4 is 34.0 Å². The molecule has 122 valence electrons. The zero-order valence-corrected chi connectivity index (χ0v) is 14.1. The lowest BCUT2D eigenvalue weighted by Gasteiger charge is -2.34. The van der Waals surface area contributed by atoms with E-state index in [0.717, 1.165) is 24.0 Å². The molecule has 0 atom stereocenters. The molecule has 2 amide bonds. The van der Waals surface area contributed by atoms with Gasteiger partial charge in [-0.15, -0.1) is 11.3 Å². The number of thiazole rings is 1. The molecule has 0 saturated carbocycles. The molecule has 8 heteroatoms. The molecular weight excluding hydrogens is 312 g/mol. The summed E-state index contributed by atoms with van der Waals surface area (Å²) < 4.78 is 0. The van der Waals surface area contributed by atoms with Crippen LogP contribution in [0.2, 0.25) is 0 Å². The predicted octanol–water partition coefficient (Wildman–Crippen LogP) is 1.96. The Kier molecular flexibility index (Phi) is 4.61. The number of piperazine rings is 1. The standard InChI is InChI=1S/C15H20N6OS/c1-19(2)13-4-3-12(11-17-13)18-14(22)20-6-8-21(9-7-20)15-16-5-10-23-15/h3-5,10-11H,6-9H2,1-2H3,(H,18,22). The van der Waals surface area contributed by atoms with Crippen LogP contribution >= 0.6 is 11.3 Å². The average Bonchev–Trinajstić information content (AvgIpc) is 3.10. The van der Waals surface area contributed by atoms with Crippen molar-refractivity contribution in [3.63, 3.8) is 0 Å². The zero-order chi connectivity index (χ0) is 16.2. The lowest BCUT2D eigenvalue weighted by atomic mass is 10.3. The van der Waals surface area contributed by atoms with Crippen LogP contribution in [-0.2, 0) is 0 Å². The van der Waals surface area contributed by atoms with Crippen molar-refractivity contribution in [1.29, 1.82) is 0 Å². The summed E-state index contributed by atoms with van der Waals surface area (Å²) in [6.45, 7) is 2.99. The highest BCUT2D eigenvalue weighted by atomic mass is 32.1. The maximum absolute atomic E-state index is 12.3. The van der Waals surface area contributed by atoms with E-state index in [1.165, 1.54) is 0 Å². The Balaban J connectivity index is 1.53. The van der Waals surface area contributed by atoms with Crippen LogP contribution in [0.1, 0.15) is 0 Å². The van der Waals surface area contributed by atoms with Crippen molar-refractivity contribution in [2.45, 2.75) is 0 Å². The van der Waals surface area contributed by atoms with Crippen molar-refractivity contribution in [2.75, 3.05) is 55.4 Å². The molecule has 1 aliphatic heterocycles. The van der Waals surface area contributed by atoms with Gasteiger partial charge < -0.3 is 20.0 Å². The Morgan fingerprint density at radius 3 is 2.57 bits per heavy atom. The van der Waals surface area contributed by atoms with Gasteiger partial charge in [0.25, 0.3) is 0 Å². The van der Waals surface area contributed by atoms with E-state index >= 15 is 0 Å². The van der Waals surface area contributed by atoms with Gasteiger partial charge in [-0.05, 0) is 12.1 Å². The first-order valence-electron chi connectivity index (χ1n) is 7.47. The zero-order valence-electron chi connectivity index (χ0n) is 13.3. The van der Waals surface area contributed by atoms with Gasteiger partial charge in [-0.2, -0.15) is 0 Å². The minimum Gasteiger partial charge on any atom is -0.363 e. The largest absolute Gasteiger partial charge is 0.363 e. The van der Waals surface area contributed by atoms with Crippen molar-refractivity contribution in [3.05, 3.63) is 29.9 Å². The SMILES string of the molecule is CN(C)c1ccc(NC(=O)N2CCN(c3nccs3)CC2)cn1. The maximum Gasteiger partial charge on any atom is 0.322 e. The maximum atomic E-state index is 12.3. The number of rotatable bonds is 3. The van der Waals surface area contributed by atoms with E-state index < -0.39 is 0 Å². The molecule has 23 heavy (non-hydrogen) atoms. The van der Waals surface area contributed by atoms with Crippen LogP contribution in [0.4, 0.5) is 21.4 Å². The number of anilines is 3. The molecule has 1 fully saturated rings. The third-order valence-electron chi connectivity index (χ3n) is 3.71. The van der Waals surface area contributed by atoms with Gasteiger partial charge in [0.1, 0.15) is 5.82 Å². The molecule has 0 bridgehead atoms. The van der Waals surface area contributed by atoms with Gasteiger partial charge in [-0.25, -0.2) is 14.8 Å². The summed E-state index contributed by atoms with van der Waals surface area (Å²) in [5.74, 6) is 0.861. The fourth-order valence-corrected chi connectivity index (χ4v) is 3.10. The van der Waals surface area contributed by atoms with E-state index in [1.54, 1.807) is 17.5 Å². The number of pyridine rings is 1. The van der Waals surface area contributed by atoms with Gasteiger partial charge in [-0.1, -0.05) is 0 Å². The van der Waals surface area contributed by atoms with E-state index in [0.29, 0.717) is 18.8 Å². The quantitative estimate of drug-likeness (QED) is 0.931. The molecule has 0 aromatic carbocycles. The van der Waals surface area contributed by atoms with Crippen molar-refractivity contribution in [3.8, 4) is 0 Å². The molecule has 0 aliphatic carbocycles. The highest BCUT2D eigenvalue weighted by Crippen LogP contribution is 2.19. The fourth-order valence-electron chi connectivity index (χ4n) is 2.40. The number of nitrogens with zero attached hydrogens (tertiary/aromatic N) is 5. The molecule has 3 heterocycles. The molecule has 1 N–H and O–H groups in total. The Labute approximate surface area is 139 Å². The second-order valence-electron chi connectivity index (χ2n) is 5.52. The Bertz CT molecular complexity index is 634. The molecule has 1 saturated heterocycles. The molecule has 7 nitrogen and oxygen atoms in total. The van der Waals surface area contributed by atoms with Crippen LogP contribution in [0.25, 0.3) is 0 Å². The minimum absolute atomic E-state index is 0.0804. The van der Waals surface area contributed by atoms with Gasteiger partial charge in [0.05, 0.1) is 11.9 Å². The van der Waals surface area contributed by atoms with Gasteiger partial charge in [0, 0.05) is 51.9 Å². The number of carbonyl (C=O) groups is 1. The molecular formula is C15H20N6OS. The summed E-state index contributed by atoms with van der Waals surface area (Å²) in [4.78, 5) is 26.9. The van der Waals surface area contributed by atoms with Crippen molar-refractivity contribution < 1.29 is 4.79 Å². The van der Waals surface area contributed by atoms with Crippen LogP contribution in [0.15, 0.2) is 29.9 Å². The van der Waals surface area contributed by atoms with Crippen LogP contribution in [0.3, 0.4) is 0 Å². The predicted molar refractivity (Wildman–Crippen MR) is 93.5 cm³/mol. The van der Waals surface area contributed by atoms with Gasteiger partial charge >= 0.3 is 6.03 Å². The smallest absolute Gasteiger partial charge is 0.322 e. The lowest BCUT2D eigenvalue weighted by Crippen LogP contribution is -2.50. The number of carbonyl (C=O) groups excluding carboxylic acids is 1. The Morgan fingerprint density at radius 1 is 1.22 bits per heavy atom. The van der Waals surface area contributed by atoms with Crippen LogP contribution < -0.4 is 15.1 Å². The second-order valence-corrected chi connectivity index (χ2v) is 6.39. The summed E-state index contributed by atoms with van der Waals surface area (Å²) in [7, 11) is 3.87. The number of hydrogen-bond acceptors (Lipinski definition) is 6. The molecule has 0 radical (unpaired) electrons. The monoisotopic (exact) mass is 332 g/mol. The first-order valence-corrected chi connectivity index (χ1v) is 8.35. The third-order valence-corrected chi connectivity index (χ3v) is 4.55. The molecule has 0 unspecified atom stereocenters. The number of aromatic nitrogens is 2. The first kappa shape index (κ1) is 15.5. The van der Waals surface area contributed by atoms with E-state index in [4.69, 9.17) is 0 Å². The van der Waals surface area contributed by atoms with Crippen molar-refractivity contribution in [1.82, 2.24) is 14.9 Å². The summed E-state index contributed by atoms with van der Waals surface area (Å²) in [6.07, 6.45) is 3.49. The molecule has 0 spiro atoms. The Hall–Kier alpha value is -2.35. The molecule has 3 rings (SSSR count). The van der Waals surface area contributed by atoms with Gasteiger partial charge in [0.15, 0.2) is 5.13 Å². The molecule has 2 aromatic rings.